The fourth-order valence-corrected chi connectivity index (χ4v) is 3.66. The van der Waals surface area contributed by atoms with Crippen molar-refractivity contribution in [3.8, 4) is 5.88 Å². The molecule has 1 aromatic heterocycles. The summed E-state index contributed by atoms with van der Waals surface area (Å²) in [5.41, 5.74) is -0.905. The van der Waals surface area contributed by atoms with E-state index in [4.69, 9.17) is 16.3 Å². The lowest BCUT2D eigenvalue weighted by Crippen LogP contribution is -2.41. The monoisotopic (exact) mass is 396 g/mol. The van der Waals surface area contributed by atoms with E-state index < -0.39 is 11.7 Å². The minimum atomic E-state index is -4.48. The summed E-state index contributed by atoms with van der Waals surface area (Å²) >= 11 is 7.73. The molecule has 0 amide bonds. The number of halogens is 4. The smallest absolute Gasteiger partial charge is 0.417 e. The Morgan fingerprint density at radius 2 is 2.28 bits per heavy atom. The molecule has 1 aliphatic rings. The lowest BCUT2D eigenvalue weighted by Gasteiger charge is -2.15. The summed E-state index contributed by atoms with van der Waals surface area (Å²) in [7, 11) is 1.67. The number of thioether (sulfide) groups is 1. The summed E-state index contributed by atoms with van der Waals surface area (Å²) < 4.78 is 43.0. The lowest BCUT2D eigenvalue weighted by molar-refractivity contribution is -0.137. The van der Waals surface area contributed by atoms with Crippen LogP contribution in [0.15, 0.2) is 17.3 Å². The topological polar surface area (TPSA) is 58.5 Å². The third kappa shape index (κ3) is 6.47. The quantitative estimate of drug-likeness (QED) is 0.439. The van der Waals surface area contributed by atoms with E-state index in [2.05, 4.69) is 20.6 Å². The van der Waals surface area contributed by atoms with Gasteiger partial charge < -0.3 is 15.4 Å². The summed E-state index contributed by atoms with van der Waals surface area (Å²) in [5, 5.41) is 6.74. The number of nitrogens with one attached hydrogen (secondary N) is 2. The van der Waals surface area contributed by atoms with Crippen molar-refractivity contribution in [3.05, 3.63) is 22.8 Å². The maximum absolute atomic E-state index is 12.5. The van der Waals surface area contributed by atoms with E-state index >= 15 is 0 Å². The molecule has 1 atom stereocenters. The van der Waals surface area contributed by atoms with Crippen LogP contribution in [-0.2, 0) is 6.18 Å². The highest BCUT2D eigenvalue weighted by atomic mass is 35.5. The molecular weight excluding hydrogens is 377 g/mol. The van der Waals surface area contributed by atoms with Crippen LogP contribution in [0.5, 0.6) is 5.88 Å². The van der Waals surface area contributed by atoms with E-state index in [9.17, 15) is 13.2 Å². The summed E-state index contributed by atoms with van der Waals surface area (Å²) in [6, 6.07) is 0.803. The van der Waals surface area contributed by atoms with Gasteiger partial charge >= 0.3 is 6.18 Å². The van der Waals surface area contributed by atoms with Gasteiger partial charge in [-0.15, -0.1) is 0 Å². The SMILES string of the molecule is CN=C(NCCOc1ncc(C(F)(F)F)cc1Cl)NCC1CCCS1. The van der Waals surface area contributed by atoms with Crippen molar-refractivity contribution in [2.24, 2.45) is 4.99 Å². The number of hydrogen-bond acceptors (Lipinski definition) is 4. The number of nitrogens with zero attached hydrogens (tertiary/aromatic N) is 2. The standard InChI is InChI=1S/C15H20ClF3N4OS/c1-20-14(23-9-11-3-2-6-25-11)21-4-5-24-13-12(16)7-10(8-22-13)15(17,18)19/h7-8,11H,2-6,9H2,1H3,(H2,20,21,23). The van der Waals surface area contributed by atoms with Crippen molar-refractivity contribution >= 4 is 29.3 Å². The molecule has 0 aromatic carbocycles. The van der Waals surface area contributed by atoms with Gasteiger partial charge in [-0.3, -0.25) is 4.99 Å². The highest BCUT2D eigenvalue weighted by molar-refractivity contribution is 8.00. The number of ether oxygens (including phenoxy) is 1. The maximum Gasteiger partial charge on any atom is 0.417 e. The van der Waals surface area contributed by atoms with Crippen LogP contribution in [-0.4, -0.2) is 48.7 Å². The van der Waals surface area contributed by atoms with Gasteiger partial charge in [0.15, 0.2) is 5.96 Å². The number of hydrogen-bond donors (Lipinski definition) is 2. The van der Waals surface area contributed by atoms with Crippen molar-refractivity contribution in [2.45, 2.75) is 24.3 Å². The molecule has 1 fully saturated rings. The van der Waals surface area contributed by atoms with Gasteiger partial charge in [-0.1, -0.05) is 11.6 Å². The second kappa shape index (κ2) is 9.38. The third-order valence-electron chi connectivity index (χ3n) is 3.51. The van der Waals surface area contributed by atoms with Gasteiger partial charge in [0.05, 0.1) is 12.1 Å². The Kier molecular flexibility index (Phi) is 7.49. The number of aliphatic imine (C=N–C) groups is 1. The van der Waals surface area contributed by atoms with Crippen LogP contribution in [0.3, 0.4) is 0 Å². The number of pyridine rings is 1. The zero-order valence-corrected chi connectivity index (χ0v) is 15.3. The molecule has 0 spiro atoms. The highest BCUT2D eigenvalue weighted by Crippen LogP contribution is 2.33. The second-order valence-electron chi connectivity index (χ2n) is 5.37. The lowest BCUT2D eigenvalue weighted by atomic mass is 10.2. The zero-order chi connectivity index (χ0) is 18.3. The van der Waals surface area contributed by atoms with Crippen LogP contribution in [0.1, 0.15) is 18.4 Å². The van der Waals surface area contributed by atoms with E-state index in [0.29, 0.717) is 24.0 Å². The molecule has 1 saturated heterocycles. The summed E-state index contributed by atoms with van der Waals surface area (Å²) in [4.78, 5) is 7.73. The Morgan fingerprint density at radius 3 is 2.88 bits per heavy atom. The number of guanidine groups is 1. The minimum absolute atomic E-state index is 0.0261. The third-order valence-corrected chi connectivity index (χ3v) is 5.18. The Labute approximate surface area is 153 Å². The first-order valence-corrected chi connectivity index (χ1v) is 9.24. The van der Waals surface area contributed by atoms with E-state index in [0.717, 1.165) is 12.6 Å². The molecule has 140 valence electrons. The van der Waals surface area contributed by atoms with Crippen LogP contribution >= 0.6 is 23.4 Å². The molecule has 5 nitrogen and oxygen atoms in total. The first-order valence-electron chi connectivity index (χ1n) is 7.82. The molecule has 0 saturated carbocycles. The normalized spacial score (nSPS) is 18.3. The number of aromatic nitrogens is 1. The molecular formula is C15H20ClF3N4OS. The molecule has 2 rings (SSSR count). The first kappa shape index (κ1) is 20.0. The molecule has 1 aliphatic heterocycles. The van der Waals surface area contributed by atoms with Crippen LogP contribution in [0.2, 0.25) is 5.02 Å². The van der Waals surface area contributed by atoms with Gasteiger partial charge in [0.2, 0.25) is 5.88 Å². The highest BCUT2D eigenvalue weighted by Gasteiger charge is 2.31. The van der Waals surface area contributed by atoms with Gasteiger partial charge in [0.25, 0.3) is 0 Å². The Balaban J connectivity index is 1.72. The second-order valence-corrected chi connectivity index (χ2v) is 7.19. The number of alkyl halides is 3. The van der Waals surface area contributed by atoms with Crippen molar-refractivity contribution in [2.75, 3.05) is 32.5 Å². The minimum Gasteiger partial charge on any atom is -0.475 e. The van der Waals surface area contributed by atoms with Crippen molar-refractivity contribution < 1.29 is 17.9 Å². The van der Waals surface area contributed by atoms with Crippen LogP contribution in [0.4, 0.5) is 13.2 Å². The fraction of sp³-hybridized carbons (Fsp3) is 0.600. The summed E-state index contributed by atoms with van der Waals surface area (Å²) in [6.07, 6.45) is -1.32. The molecule has 25 heavy (non-hydrogen) atoms. The average molecular weight is 397 g/mol. The van der Waals surface area contributed by atoms with E-state index in [-0.39, 0.29) is 17.5 Å². The van der Waals surface area contributed by atoms with Gasteiger partial charge in [-0.2, -0.15) is 24.9 Å². The van der Waals surface area contributed by atoms with E-state index in [1.807, 2.05) is 11.8 Å². The van der Waals surface area contributed by atoms with Gasteiger partial charge in [-0.05, 0) is 24.7 Å². The molecule has 1 aromatic rings. The van der Waals surface area contributed by atoms with Gasteiger partial charge in [0.1, 0.15) is 11.6 Å². The van der Waals surface area contributed by atoms with Crippen LogP contribution in [0.25, 0.3) is 0 Å². The van der Waals surface area contributed by atoms with Crippen molar-refractivity contribution in [3.63, 3.8) is 0 Å². The Hall–Kier alpha value is -1.35. The summed E-state index contributed by atoms with van der Waals surface area (Å²) in [5.74, 6) is 1.83. The molecule has 10 heteroatoms. The first-order chi connectivity index (χ1) is 11.9. The van der Waals surface area contributed by atoms with E-state index in [1.54, 1.807) is 7.05 Å². The van der Waals surface area contributed by atoms with Crippen molar-refractivity contribution in [1.29, 1.82) is 0 Å². The largest absolute Gasteiger partial charge is 0.475 e. The van der Waals surface area contributed by atoms with Gasteiger partial charge in [-0.25, -0.2) is 4.98 Å². The Bertz CT molecular complexity index is 595. The maximum atomic E-state index is 12.5. The van der Waals surface area contributed by atoms with Crippen molar-refractivity contribution in [1.82, 2.24) is 15.6 Å². The van der Waals surface area contributed by atoms with Crippen LogP contribution < -0.4 is 15.4 Å². The Morgan fingerprint density at radius 1 is 1.48 bits per heavy atom. The summed E-state index contributed by atoms with van der Waals surface area (Å²) in [6.45, 7) is 1.45. The van der Waals surface area contributed by atoms with Gasteiger partial charge in [0, 0.05) is 25.0 Å². The molecule has 2 N–H and O–H groups in total. The van der Waals surface area contributed by atoms with E-state index in [1.165, 1.54) is 18.6 Å². The van der Waals surface area contributed by atoms with Crippen LogP contribution in [0, 0.1) is 0 Å². The molecule has 0 radical (unpaired) electrons. The average Bonchev–Trinajstić information content (AvgIpc) is 3.08. The fourth-order valence-electron chi connectivity index (χ4n) is 2.24. The molecule has 0 aliphatic carbocycles. The predicted octanol–water partition coefficient (Wildman–Crippen LogP) is 3.19. The zero-order valence-electron chi connectivity index (χ0n) is 13.7. The molecule has 2 heterocycles. The molecule has 1 unspecified atom stereocenters. The molecule has 0 bridgehead atoms. The predicted molar refractivity (Wildman–Crippen MR) is 94.6 cm³/mol. The number of rotatable bonds is 6.